The third-order valence-corrected chi connectivity index (χ3v) is 8.59. The van der Waals surface area contributed by atoms with Crippen molar-refractivity contribution in [2.45, 2.75) is 23.9 Å². The number of esters is 1. The van der Waals surface area contributed by atoms with Crippen LogP contribution in [0.25, 0.3) is 0 Å². The number of rotatable bonds is 7. The molecule has 2 amide bonds. The minimum absolute atomic E-state index is 0.0217. The van der Waals surface area contributed by atoms with Crippen molar-refractivity contribution in [2.24, 2.45) is 0 Å². The Morgan fingerprint density at radius 2 is 1.79 bits per heavy atom. The fourth-order valence-electron chi connectivity index (χ4n) is 3.64. The molecule has 1 atom stereocenters. The Bertz CT molecular complexity index is 1320. The van der Waals surface area contributed by atoms with Gasteiger partial charge in [-0.25, -0.2) is 18.1 Å². The summed E-state index contributed by atoms with van der Waals surface area (Å²) in [5, 5.41) is 1.82. The molecule has 0 aliphatic carbocycles. The normalized spacial score (nSPS) is 16.3. The quantitative estimate of drug-likeness (QED) is 0.320. The Balaban J connectivity index is 1.69. The molecule has 1 saturated heterocycles. The van der Waals surface area contributed by atoms with Crippen LogP contribution < -0.4 is 4.90 Å². The first kappa shape index (κ1) is 24.3. The Morgan fingerprint density at radius 1 is 1.12 bits per heavy atom. The molecule has 1 aliphatic rings. The first-order chi connectivity index (χ1) is 16.2. The molecule has 1 unspecified atom stereocenters. The summed E-state index contributed by atoms with van der Waals surface area (Å²) in [5.41, 5.74) is 0.515. The number of hydrogen-bond donors (Lipinski definition) is 0. The average molecular weight is 563 g/mol. The van der Waals surface area contributed by atoms with Crippen molar-refractivity contribution < 1.29 is 27.5 Å². The van der Waals surface area contributed by atoms with E-state index in [9.17, 15) is 22.8 Å². The number of benzene rings is 2. The molecule has 2 heterocycles. The van der Waals surface area contributed by atoms with Gasteiger partial charge < -0.3 is 4.74 Å². The molecule has 1 aliphatic heterocycles. The predicted octanol–water partition coefficient (Wildman–Crippen LogP) is 3.82. The highest BCUT2D eigenvalue weighted by Gasteiger charge is 2.47. The number of carbonyl (C=O) groups excluding carboxylic acids is 3. The number of nitrogens with zero attached hydrogens (tertiary/aromatic N) is 2. The maximum Gasteiger partial charge on any atom is 0.337 e. The summed E-state index contributed by atoms with van der Waals surface area (Å²) < 4.78 is 33.6. The molecule has 3 aromatic rings. The standard InChI is InChI=1S/C23H19BrN2O6S2/c1-32-23(29)15-4-8-17(9-5-15)26-21(27)13-20(22(26)28)25(14-18-3-2-12-33-18)34(30,31)19-10-6-16(24)7-11-19/h2-12,20H,13-14H2,1H3. The van der Waals surface area contributed by atoms with E-state index in [4.69, 9.17) is 0 Å². The van der Waals surface area contributed by atoms with Crippen molar-refractivity contribution in [3.8, 4) is 0 Å². The molecule has 0 radical (unpaired) electrons. The topological polar surface area (TPSA) is 101 Å². The van der Waals surface area contributed by atoms with E-state index in [-0.39, 0.29) is 29.1 Å². The predicted molar refractivity (Wildman–Crippen MR) is 130 cm³/mol. The first-order valence-corrected chi connectivity index (χ1v) is 13.2. The summed E-state index contributed by atoms with van der Waals surface area (Å²) in [7, 11) is -2.85. The SMILES string of the molecule is COC(=O)c1ccc(N2C(=O)CC(N(Cc3cccs3)S(=O)(=O)c3ccc(Br)cc3)C2=O)cc1. The fourth-order valence-corrected chi connectivity index (χ4v) is 6.25. The van der Waals surface area contributed by atoms with Crippen molar-refractivity contribution in [2.75, 3.05) is 12.0 Å². The Labute approximate surface area is 208 Å². The largest absolute Gasteiger partial charge is 0.465 e. The van der Waals surface area contributed by atoms with Crippen LogP contribution in [0, 0.1) is 0 Å². The lowest BCUT2D eigenvalue weighted by Crippen LogP contribution is -2.44. The molecule has 11 heteroatoms. The molecule has 1 fully saturated rings. The van der Waals surface area contributed by atoms with Gasteiger partial charge >= 0.3 is 5.97 Å². The second-order valence-electron chi connectivity index (χ2n) is 7.41. The molecule has 0 saturated carbocycles. The second kappa shape index (κ2) is 9.79. The average Bonchev–Trinajstić information content (AvgIpc) is 3.44. The molecular weight excluding hydrogens is 544 g/mol. The van der Waals surface area contributed by atoms with Crippen molar-refractivity contribution >= 4 is 60.8 Å². The summed E-state index contributed by atoms with van der Waals surface area (Å²) >= 11 is 4.65. The van der Waals surface area contributed by atoms with Gasteiger partial charge in [-0.1, -0.05) is 22.0 Å². The van der Waals surface area contributed by atoms with Gasteiger partial charge in [-0.05, 0) is 60.0 Å². The number of hydrogen-bond acceptors (Lipinski definition) is 7. The lowest BCUT2D eigenvalue weighted by molar-refractivity contribution is -0.122. The molecule has 176 valence electrons. The molecule has 8 nitrogen and oxygen atoms in total. The van der Waals surface area contributed by atoms with Crippen LogP contribution in [0.5, 0.6) is 0 Å². The lowest BCUT2D eigenvalue weighted by Gasteiger charge is -2.26. The molecule has 2 aromatic carbocycles. The van der Waals surface area contributed by atoms with Gasteiger partial charge in [0.25, 0.3) is 5.91 Å². The lowest BCUT2D eigenvalue weighted by atomic mass is 10.2. The van der Waals surface area contributed by atoms with Crippen LogP contribution in [0.1, 0.15) is 21.7 Å². The van der Waals surface area contributed by atoms with Crippen LogP contribution in [0.4, 0.5) is 5.69 Å². The van der Waals surface area contributed by atoms with Crippen LogP contribution in [-0.4, -0.2) is 43.7 Å². The van der Waals surface area contributed by atoms with Crippen molar-refractivity contribution in [1.82, 2.24) is 4.31 Å². The summed E-state index contributed by atoms with van der Waals surface area (Å²) in [4.78, 5) is 39.7. The fraction of sp³-hybridized carbons (Fsp3) is 0.174. The highest BCUT2D eigenvalue weighted by molar-refractivity contribution is 9.10. The highest BCUT2D eigenvalue weighted by atomic mass is 79.9. The number of ether oxygens (including phenoxy) is 1. The van der Waals surface area contributed by atoms with Crippen molar-refractivity contribution in [3.63, 3.8) is 0 Å². The van der Waals surface area contributed by atoms with Gasteiger partial charge in [-0.3, -0.25) is 9.59 Å². The number of halogens is 1. The van der Waals surface area contributed by atoms with Crippen LogP contribution in [0.3, 0.4) is 0 Å². The number of sulfonamides is 1. The van der Waals surface area contributed by atoms with Gasteiger partial charge in [0.15, 0.2) is 0 Å². The zero-order valence-electron chi connectivity index (χ0n) is 17.9. The van der Waals surface area contributed by atoms with Gasteiger partial charge in [0.05, 0.1) is 29.7 Å². The summed E-state index contributed by atoms with van der Waals surface area (Å²) in [6.07, 6.45) is -0.293. The number of carbonyl (C=O) groups is 3. The van der Waals surface area contributed by atoms with Gasteiger partial charge in [0.1, 0.15) is 6.04 Å². The molecule has 34 heavy (non-hydrogen) atoms. The van der Waals surface area contributed by atoms with Crippen LogP contribution in [-0.2, 0) is 30.9 Å². The zero-order chi connectivity index (χ0) is 24.5. The zero-order valence-corrected chi connectivity index (χ0v) is 21.1. The van der Waals surface area contributed by atoms with E-state index in [1.165, 1.54) is 54.8 Å². The van der Waals surface area contributed by atoms with Gasteiger partial charge in [0, 0.05) is 15.9 Å². The van der Waals surface area contributed by atoms with Crippen molar-refractivity contribution in [3.05, 3.63) is 81.0 Å². The number of methoxy groups -OCH3 is 1. The minimum atomic E-state index is -4.10. The van der Waals surface area contributed by atoms with E-state index in [1.54, 1.807) is 24.3 Å². The van der Waals surface area contributed by atoms with E-state index in [2.05, 4.69) is 20.7 Å². The summed E-state index contributed by atoms with van der Waals surface area (Å²) in [6, 6.07) is 14.3. The van der Waals surface area contributed by atoms with Gasteiger partial charge in [0.2, 0.25) is 15.9 Å². The van der Waals surface area contributed by atoms with Crippen LogP contribution in [0.15, 0.2) is 75.4 Å². The molecule has 1 aromatic heterocycles. The van der Waals surface area contributed by atoms with Gasteiger partial charge in [-0.15, -0.1) is 11.3 Å². The third kappa shape index (κ3) is 4.69. The molecular formula is C23H19BrN2O6S2. The third-order valence-electron chi connectivity index (χ3n) is 5.33. The van der Waals surface area contributed by atoms with E-state index in [1.807, 2.05) is 5.38 Å². The van der Waals surface area contributed by atoms with Gasteiger partial charge in [-0.2, -0.15) is 4.31 Å². The Kier molecular flexibility index (Phi) is 6.99. The van der Waals surface area contributed by atoms with E-state index >= 15 is 0 Å². The molecule has 0 spiro atoms. The smallest absolute Gasteiger partial charge is 0.337 e. The molecule has 4 rings (SSSR count). The maximum absolute atomic E-state index is 13.6. The molecule has 0 N–H and O–H groups in total. The Morgan fingerprint density at radius 3 is 2.38 bits per heavy atom. The highest BCUT2D eigenvalue weighted by Crippen LogP contribution is 2.31. The van der Waals surface area contributed by atoms with Crippen LogP contribution >= 0.6 is 27.3 Å². The van der Waals surface area contributed by atoms with E-state index in [0.29, 0.717) is 4.47 Å². The number of anilines is 1. The van der Waals surface area contributed by atoms with E-state index < -0.39 is 33.8 Å². The monoisotopic (exact) mass is 562 g/mol. The number of thiophene rings is 1. The second-order valence-corrected chi connectivity index (χ2v) is 11.2. The number of amides is 2. The van der Waals surface area contributed by atoms with E-state index in [0.717, 1.165) is 14.1 Å². The number of imide groups is 1. The molecule has 0 bridgehead atoms. The first-order valence-electron chi connectivity index (χ1n) is 10.1. The summed E-state index contributed by atoms with van der Waals surface area (Å²) in [5.74, 6) is -1.72. The van der Waals surface area contributed by atoms with Crippen LogP contribution in [0.2, 0.25) is 0 Å². The Hall–Kier alpha value is -2.86. The van der Waals surface area contributed by atoms with Crippen molar-refractivity contribution in [1.29, 1.82) is 0 Å². The minimum Gasteiger partial charge on any atom is -0.465 e. The maximum atomic E-state index is 13.6. The summed E-state index contributed by atoms with van der Waals surface area (Å²) in [6.45, 7) is -0.0468.